The summed E-state index contributed by atoms with van der Waals surface area (Å²) in [5.74, 6) is 0. The minimum absolute atomic E-state index is 0.334. The van der Waals surface area contributed by atoms with Gasteiger partial charge in [-0.2, -0.15) is 5.10 Å². The van der Waals surface area contributed by atoms with E-state index < -0.39 is 10.0 Å². The second-order valence-electron chi connectivity index (χ2n) is 4.58. The number of nitrogens with one attached hydrogen (secondary N) is 2. The first kappa shape index (κ1) is 16.0. The summed E-state index contributed by atoms with van der Waals surface area (Å²) in [5.41, 5.74) is 0.482. The Hall–Kier alpha value is -1.38. The number of rotatable bonds is 8. The number of nitrogens with zero attached hydrogens (tertiary/aromatic N) is 2. The zero-order chi connectivity index (χ0) is 15.3. The molecule has 0 aliphatic heterocycles. The molecule has 0 aliphatic rings. The van der Waals surface area contributed by atoms with E-state index in [-0.39, 0.29) is 0 Å². The molecule has 2 aromatic heterocycles. The van der Waals surface area contributed by atoms with Gasteiger partial charge in [0.25, 0.3) is 10.0 Å². The molecular weight excluding hydrogens is 308 g/mol. The minimum atomic E-state index is -3.57. The third kappa shape index (κ3) is 4.05. The van der Waals surface area contributed by atoms with Gasteiger partial charge in [0, 0.05) is 24.2 Å². The molecule has 0 radical (unpaired) electrons. The summed E-state index contributed by atoms with van der Waals surface area (Å²) >= 11 is 1.44. The number of hydrogen-bond acceptors (Lipinski definition) is 5. The molecule has 0 atom stereocenters. The topological polar surface area (TPSA) is 76.0 Å². The van der Waals surface area contributed by atoms with Gasteiger partial charge in [0.2, 0.25) is 0 Å². The van der Waals surface area contributed by atoms with Crippen LogP contribution >= 0.6 is 11.3 Å². The molecule has 0 saturated heterocycles. The van der Waals surface area contributed by atoms with E-state index in [0.29, 0.717) is 23.7 Å². The number of sulfonamides is 1. The molecule has 0 amide bonds. The summed E-state index contributed by atoms with van der Waals surface area (Å²) in [6.45, 7) is 6.16. The van der Waals surface area contributed by atoms with Crippen molar-refractivity contribution in [2.75, 3.05) is 11.3 Å². The van der Waals surface area contributed by atoms with Gasteiger partial charge < -0.3 is 5.32 Å². The SMILES string of the molecule is CCCNCc1sccc1S(=O)(=O)Nc1cnn(CC)c1. The zero-order valence-electron chi connectivity index (χ0n) is 12.2. The maximum Gasteiger partial charge on any atom is 0.263 e. The summed E-state index contributed by atoms with van der Waals surface area (Å²) in [6.07, 6.45) is 4.21. The van der Waals surface area contributed by atoms with Crippen molar-refractivity contribution in [3.8, 4) is 0 Å². The molecule has 0 fully saturated rings. The van der Waals surface area contributed by atoms with Gasteiger partial charge in [-0.05, 0) is 31.3 Å². The van der Waals surface area contributed by atoms with E-state index in [1.165, 1.54) is 17.5 Å². The Morgan fingerprint density at radius 2 is 2.19 bits per heavy atom. The van der Waals surface area contributed by atoms with Crippen LogP contribution < -0.4 is 10.0 Å². The fourth-order valence-corrected chi connectivity index (χ4v) is 4.32. The summed E-state index contributed by atoms with van der Waals surface area (Å²) in [5, 5.41) is 9.09. The Morgan fingerprint density at radius 3 is 2.86 bits per heavy atom. The quantitative estimate of drug-likeness (QED) is 0.729. The average molecular weight is 328 g/mol. The highest BCUT2D eigenvalue weighted by molar-refractivity contribution is 7.93. The number of aryl methyl sites for hydroxylation is 1. The maximum atomic E-state index is 12.4. The molecule has 0 saturated carbocycles. The summed E-state index contributed by atoms with van der Waals surface area (Å²) in [4.78, 5) is 1.15. The summed E-state index contributed by atoms with van der Waals surface area (Å²) in [6, 6.07) is 1.64. The minimum Gasteiger partial charge on any atom is -0.312 e. The lowest BCUT2D eigenvalue weighted by molar-refractivity contribution is 0.599. The molecule has 6 nitrogen and oxygen atoms in total. The summed E-state index contributed by atoms with van der Waals surface area (Å²) < 4.78 is 29.1. The highest BCUT2D eigenvalue weighted by Gasteiger charge is 2.20. The fraction of sp³-hybridized carbons (Fsp3) is 0.462. The van der Waals surface area contributed by atoms with Gasteiger partial charge in [0.05, 0.1) is 11.9 Å². The predicted molar refractivity (Wildman–Crippen MR) is 85.0 cm³/mol. The van der Waals surface area contributed by atoms with Crippen LogP contribution in [0.25, 0.3) is 0 Å². The van der Waals surface area contributed by atoms with E-state index >= 15 is 0 Å². The van der Waals surface area contributed by atoms with E-state index in [1.807, 2.05) is 6.92 Å². The Morgan fingerprint density at radius 1 is 1.38 bits per heavy atom. The van der Waals surface area contributed by atoms with Crippen molar-refractivity contribution >= 4 is 27.0 Å². The van der Waals surface area contributed by atoms with Crippen molar-refractivity contribution in [2.24, 2.45) is 0 Å². The van der Waals surface area contributed by atoms with Crippen LogP contribution in [0.1, 0.15) is 25.1 Å². The second kappa shape index (κ2) is 7.06. The molecule has 0 spiro atoms. The van der Waals surface area contributed by atoms with Crippen LogP contribution in [0.2, 0.25) is 0 Å². The van der Waals surface area contributed by atoms with Gasteiger partial charge in [-0.3, -0.25) is 9.40 Å². The molecule has 0 bridgehead atoms. The van der Waals surface area contributed by atoms with Gasteiger partial charge in [-0.15, -0.1) is 11.3 Å². The lowest BCUT2D eigenvalue weighted by Crippen LogP contribution is -2.17. The average Bonchev–Trinajstić information content (AvgIpc) is 3.07. The zero-order valence-corrected chi connectivity index (χ0v) is 13.8. The number of thiophene rings is 1. The van der Waals surface area contributed by atoms with Gasteiger partial charge in [-0.1, -0.05) is 6.92 Å². The largest absolute Gasteiger partial charge is 0.312 e. The molecule has 0 aliphatic carbocycles. The third-order valence-electron chi connectivity index (χ3n) is 2.92. The van der Waals surface area contributed by atoms with Crippen LogP contribution in [0.3, 0.4) is 0 Å². The molecule has 8 heteroatoms. The van der Waals surface area contributed by atoms with Crippen LogP contribution in [-0.2, 0) is 23.1 Å². The highest BCUT2D eigenvalue weighted by atomic mass is 32.2. The van der Waals surface area contributed by atoms with Crippen molar-refractivity contribution in [3.63, 3.8) is 0 Å². The fourth-order valence-electron chi connectivity index (χ4n) is 1.88. The van der Waals surface area contributed by atoms with Crippen LogP contribution in [0, 0.1) is 0 Å². The van der Waals surface area contributed by atoms with Gasteiger partial charge in [-0.25, -0.2) is 8.42 Å². The highest BCUT2D eigenvalue weighted by Crippen LogP contribution is 2.24. The van der Waals surface area contributed by atoms with E-state index in [1.54, 1.807) is 22.3 Å². The number of anilines is 1. The van der Waals surface area contributed by atoms with Crippen LogP contribution in [0.4, 0.5) is 5.69 Å². The van der Waals surface area contributed by atoms with E-state index in [9.17, 15) is 8.42 Å². The van der Waals surface area contributed by atoms with Crippen molar-refractivity contribution < 1.29 is 8.42 Å². The van der Waals surface area contributed by atoms with Crippen molar-refractivity contribution in [3.05, 3.63) is 28.7 Å². The Kier molecular flexibility index (Phi) is 5.38. The number of aromatic nitrogens is 2. The lowest BCUT2D eigenvalue weighted by atomic mass is 10.4. The molecule has 2 rings (SSSR count). The van der Waals surface area contributed by atoms with Gasteiger partial charge in [0.15, 0.2) is 0 Å². The monoisotopic (exact) mass is 328 g/mol. The first-order chi connectivity index (χ1) is 10.1. The molecule has 0 aromatic carbocycles. The van der Waals surface area contributed by atoms with E-state index in [2.05, 4.69) is 22.1 Å². The maximum absolute atomic E-state index is 12.4. The predicted octanol–water partition coefficient (Wildman–Crippen LogP) is 2.26. The normalized spacial score (nSPS) is 11.7. The number of hydrogen-bond donors (Lipinski definition) is 2. The van der Waals surface area contributed by atoms with Crippen LogP contribution in [0.5, 0.6) is 0 Å². The summed E-state index contributed by atoms with van der Waals surface area (Å²) in [7, 11) is -3.57. The third-order valence-corrected chi connectivity index (χ3v) is 5.43. The van der Waals surface area contributed by atoms with Crippen molar-refractivity contribution in [1.29, 1.82) is 0 Å². The van der Waals surface area contributed by atoms with E-state index in [0.717, 1.165) is 17.8 Å². The Bertz CT molecular complexity index is 676. The molecule has 2 heterocycles. The van der Waals surface area contributed by atoms with Gasteiger partial charge >= 0.3 is 0 Å². The molecule has 21 heavy (non-hydrogen) atoms. The lowest BCUT2D eigenvalue weighted by Gasteiger charge is -2.07. The Balaban J connectivity index is 2.13. The molecule has 116 valence electrons. The first-order valence-corrected chi connectivity index (χ1v) is 9.25. The Labute approximate surface area is 129 Å². The van der Waals surface area contributed by atoms with Crippen LogP contribution in [0.15, 0.2) is 28.7 Å². The van der Waals surface area contributed by atoms with Crippen LogP contribution in [-0.4, -0.2) is 24.7 Å². The molecule has 2 N–H and O–H groups in total. The molecule has 0 unspecified atom stereocenters. The molecule has 2 aromatic rings. The first-order valence-electron chi connectivity index (χ1n) is 6.89. The van der Waals surface area contributed by atoms with Gasteiger partial charge in [0.1, 0.15) is 4.90 Å². The second-order valence-corrected chi connectivity index (χ2v) is 7.23. The smallest absolute Gasteiger partial charge is 0.263 e. The standard InChI is InChI=1S/C13H20N4O2S2/c1-3-6-14-9-12-13(5-7-20-12)21(18,19)16-11-8-15-17(4-2)10-11/h5,7-8,10,14,16H,3-4,6,9H2,1-2H3. The molecular formula is C13H20N4O2S2. The van der Waals surface area contributed by atoms with E-state index in [4.69, 9.17) is 0 Å². The van der Waals surface area contributed by atoms with Crippen molar-refractivity contribution in [1.82, 2.24) is 15.1 Å². The van der Waals surface area contributed by atoms with Crippen molar-refractivity contribution in [2.45, 2.75) is 38.3 Å².